The van der Waals surface area contributed by atoms with Crippen molar-refractivity contribution >= 4 is 34.1 Å². The van der Waals surface area contributed by atoms with Crippen LogP contribution in [0.3, 0.4) is 0 Å². The molecule has 0 aromatic heterocycles. The number of nitrogens with zero attached hydrogens (tertiary/aromatic N) is 1. The van der Waals surface area contributed by atoms with Gasteiger partial charge in [-0.05, 0) is 30.7 Å². The maximum Gasteiger partial charge on any atom is 0.407 e. The van der Waals surface area contributed by atoms with Crippen molar-refractivity contribution in [2.24, 2.45) is 5.10 Å². The number of nitrogens with one attached hydrogen (secondary N) is 2. The zero-order valence-electron chi connectivity index (χ0n) is 14.7. The number of benzene rings is 2. The van der Waals surface area contributed by atoms with Gasteiger partial charge in [0.25, 0.3) is 5.91 Å². The second kappa shape index (κ2) is 10.3. The summed E-state index contributed by atoms with van der Waals surface area (Å²) in [5.41, 5.74) is 3.69. The van der Waals surface area contributed by atoms with Crippen molar-refractivity contribution in [3.8, 4) is 5.75 Å². The van der Waals surface area contributed by atoms with Crippen LogP contribution in [-0.2, 0) is 16.0 Å². The molecule has 0 saturated carbocycles. The van der Waals surface area contributed by atoms with Gasteiger partial charge in [-0.25, -0.2) is 10.2 Å². The fourth-order valence-electron chi connectivity index (χ4n) is 2.25. The van der Waals surface area contributed by atoms with E-state index in [1.54, 1.807) is 19.1 Å². The highest BCUT2D eigenvalue weighted by molar-refractivity contribution is 9.10. The molecule has 0 spiro atoms. The number of hydrazone groups is 1. The molecule has 8 heteroatoms. The molecule has 3 N–H and O–H groups in total. The number of hydrogen-bond acceptors (Lipinski definition) is 5. The fourth-order valence-corrected chi connectivity index (χ4v) is 2.63. The van der Waals surface area contributed by atoms with Crippen molar-refractivity contribution in [2.45, 2.75) is 19.4 Å². The predicted molar refractivity (Wildman–Crippen MR) is 106 cm³/mol. The summed E-state index contributed by atoms with van der Waals surface area (Å²) in [6.07, 6.45) is 0.924. The number of aromatic hydroxyl groups is 1. The van der Waals surface area contributed by atoms with Gasteiger partial charge in [-0.1, -0.05) is 46.3 Å². The Hall–Kier alpha value is -2.87. The highest BCUT2D eigenvalue weighted by Crippen LogP contribution is 2.19. The summed E-state index contributed by atoms with van der Waals surface area (Å²) in [5.74, 6) is -0.473. The van der Waals surface area contributed by atoms with Crippen LogP contribution in [0.2, 0.25) is 0 Å². The van der Waals surface area contributed by atoms with Gasteiger partial charge in [0.1, 0.15) is 11.8 Å². The molecule has 0 fully saturated rings. The van der Waals surface area contributed by atoms with Crippen molar-refractivity contribution in [1.82, 2.24) is 10.7 Å². The van der Waals surface area contributed by atoms with Crippen LogP contribution in [-0.4, -0.2) is 36.0 Å². The average Bonchev–Trinajstić information content (AvgIpc) is 2.65. The van der Waals surface area contributed by atoms with Crippen LogP contribution in [0, 0.1) is 0 Å². The molecule has 2 amide bonds. The van der Waals surface area contributed by atoms with Gasteiger partial charge in [0.05, 0.1) is 12.8 Å². The van der Waals surface area contributed by atoms with Gasteiger partial charge in [-0.3, -0.25) is 4.79 Å². The number of alkyl carbamates (subject to hydrolysis) is 1. The Bertz CT molecular complexity index is 812. The quantitative estimate of drug-likeness (QED) is 0.461. The molecule has 0 aliphatic rings. The van der Waals surface area contributed by atoms with Gasteiger partial charge in [0, 0.05) is 16.5 Å². The minimum Gasteiger partial charge on any atom is -0.507 e. The number of phenols is 1. The molecular formula is C19H20BrN3O4. The molecule has 27 heavy (non-hydrogen) atoms. The third-order valence-electron chi connectivity index (χ3n) is 3.53. The molecule has 7 nitrogen and oxygen atoms in total. The van der Waals surface area contributed by atoms with Crippen molar-refractivity contribution in [3.63, 3.8) is 0 Å². The monoisotopic (exact) mass is 433 g/mol. The van der Waals surface area contributed by atoms with E-state index in [9.17, 15) is 14.7 Å². The number of rotatable bonds is 7. The number of amides is 2. The summed E-state index contributed by atoms with van der Waals surface area (Å²) < 4.78 is 5.62. The maximum absolute atomic E-state index is 12.5. The normalized spacial score (nSPS) is 11.8. The summed E-state index contributed by atoms with van der Waals surface area (Å²) in [7, 11) is 0. The molecule has 0 bridgehead atoms. The van der Waals surface area contributed by atoms with Crippen LogP contribution < -0.4 is 10.7 Å². The molecular weight excluding hydrogens is 414 g/mol. The summed E-state index contributed by atoms with van der Waals surface area (Å²) >= 11 is 3.30. The first-order valence-electron chi connectivity index (χ1n) is 8.28. The predicted octanol–water partition coefficient (Wildman–Crippen LogP) is 2.96. The van der Waals surface area contributed by atoms with Crippen LogP contribution in [0.5, 0.6) is 5.75 Å². The maximum atomic E-state index is 12.5. The van der Waals surface area contributed by atoms with E-state index < -0.39 is 18.0 Å². The van der Waals surface area contributed by atoms with E-state index in [1.807, 2.05) is 30.3 Å². The first-order valence-corrected chi connectivity index (χ1v) is 9.07. The van der Waals surface area contributed by atoms with E-state index in [1.165, 1.54) is 12.3 Å². The molecule has 0 saturated heterocycles. The molecule has 2 aromatic rings. The van der Waals surface area contributed by atoms with E-state index in [0.717, 1.165) is 10.0 Å². The van der Waals surface area contributed by atoms with E-state index >= 15 is 0 Å². The first kappa shape index (κ1) is 20.4. The van der Waals surface area contributed by atoms with Crippen LogP contribution in [0.25, 0.3) is 0 Å². The Morgan fingerprint density at radius 3 is 2.70 bits per heavy atom. The molecule has 0 aliphatic heterocycles. The molecule has 2 aromatic carbocycles. The van der Waals surface area contributed by atoms with Gasteiger partial charge in [-0.15, -0.1) is 0 Å². The van der Waals surface area contributed by atoms with Crippen molar-refractivity contribution in [3.05, 3.63) is 64.1 Å². The molecule has 0 aliphatic carbocycles. The van der Waals surface area contributed by atoms with Crippen LogP contribution in [0.4, 0.5) is 4.79 Å². The van der Waals surface area contributed by atoms with Gasteiger partial charge < -0.3 is 15.2 Å². The summed E-state index contributed by atoms with van der Waals surface area (Å²) in [6.45, 7) is 1.88. The lowest BCUT2D eigenvalue weighted by Crippen LogP contribution is -2.47. The smallest absolute Gasteiger partial charge is 0.407 e. The number of hydrogen-bond donors (Lipinski definition) is 3. The molecule has 0 heterocycles. The highest BCUT2D eigenvalue weighted by Gasteiger charge is 2.21. The first-order chi connectivity index (χ1) is 13.0. The SMILES string of the molecule is CCOC(=O)N[C@H](Cc1ccccc1)C(=O)N/N=C\c1cc(Br)ccc1O. The van der Waals surface area contributed by atoms with Gasteiger partial charge in [-0.2, -0.15) is 5.10 Å². The van der Waals surface area contributed by atoms with E-state index in [-0.39, 0.29) is 18.8 Å². The van der Waals surface area contributed by atoms with Gasteiger partial charge >= 0.3 is 6.09 Å². The topological polar surface area (TPSA) is 100 Å². The Morgan fingerprint density at radius 1 is 1.26 bits per heavy atom. The summed E-state index contributed by atoms with van der Waals surface area (Å²) in [5, 5.41) is 16.2. The molecule has 1 atom stereocenters. The van der Waals surface area contributed by atoms with Gasteiger partial charge in [0.2, 0.25) is 0 Å². The lowest BCUT2D eigenvalue weighted by atomic mass is 10.1. The summed E-state index contributed by atoms with van der Waals surface area (Å²) in [6, 6.07) is 13.3. The van der Waals surface area contributed by atoms with E-state index in [2.05, 4.69) is 31.8 Å². The fraction of sp³-hybridized carbons (Fsp3) is 0.211. The second-order valence-electron chi connectivity index (χ2n) is 5.54. The lowest BCUT2D eigenvalue weighted by molar-refractivity contribution is -0.123. The standard InChI is InChI=1S/C19H20BrN3O4/c1-2-27-19(26)22-16(10-13-6-4-3-5-7-13)18(25)23-21-12-14-11-15(20)8-9-17(14)24/h3-9,11-12,16,24H,2,10H2,1H3,(H,22,26)(H,23,25)/b21-12-/t16-/m1/s1. The van der Waals surface area contributed by atoms with Crippen LogP contribution >= 0.6 is 15.9 Å². The lowest BCUT2D eigenvalue weighted by Gasteiger charge is -2.16. The Balaban J connectivity index is 2.06. The Labute approximate surface area is 165 Å². The Kier molecular flexibility index (Phi) is 7.81. The van der Waals surface area contributed by atoms with Crippen molar-refractivity contribution < 1.29 is 19.4 Å². The second-order valence-corrected chi connectivity index (χ2v) is 6.46. The van der Waals surface area contributed by atoms with Crippen molar-refractivity contribution in [2.75, 3.05) is 6.61 Å². The molecule has 142 valence electrons. The zero-order valence-corrected chi connectivity index (χ0v) is 16.3. The number of halogens is 1. The number of carbonyl (C=O) groups is 2. The minimum atomic E-state index is -0.861. The molecule has 2 rings (SSSR count). The third kappa shape index (κ3) is 6.74. The average molecular weight is 434 g/mol. The number of phenolic OH excluding ortho intramolecular Hbond substituents is 1. The van der Waals surface area contributed by atoms with Gasteiger partial charge in [0.15, 0.2) is 0 Å². The molecule has 0 unspecified atom stereocenters. The van der Waals surface area contributed by atoms with E-state index in [4.69, 9.17) is 4.74 Å². The van der Waals surface area contributed by atoms with Crippen molar-refractivity contribution in [1.29, 1.82) is 0 Å². The van der Waals surface area contributed by atoms with E-state index in [0.29, 0.717) is 5.56 Å². The third-order valence-corrected chi connectivity index (χ3v) is 4.03. The largest absolute Gasteiger partial charge is 0.507 e. The molecule has 0 radical (unpaired) electrons. The van der Waals surface area contributed by atoms with Crippen LogP contribution in [0.1, 0.15) is 18.1 Å². The Morgan fingerprint density at radius 2 is 2.00 bits per heavy atom. The zero-order chi connectivity index (χ0) is 19.6. The summed E-state index contributed by atoms with van der Waals surface area (Å²) in [4.78, 5) is 24.2. The number of carbonyl (C=O) groups excluding carboxylic acids is 2. The van der Waals surface area contributed by atoms with Crippen LogP contribution in [0.15, 0.2) is 58.1 Å². The number of ether oxygens (including phenoxy) is 1. The minimum absolute atomic E-state index is 0.0293. The highest BCUT2D eigenvalue weighted by atomic mass is 79.9.